The molecule has 0 saturated heterocycles. The molecule has 0 bridgehead atoms. The molecule has 0 aliphatic rings. The second-order valence-electron chi connectivity index (χ2n) is 4.66. The summed E-state index contributed by atoms with van der Waals surface area (Å²) in [4.78, 5) is 0.172. The van der Waals surface area contributed by atoms with Gasteiger partial charge >= 0.3 is 0 Å². The number of nitriles is 1. The Morgan fingerprint density at radius 2 is 1.81 bits per heavy atom. The molecule has 0 aliphatic carbocycles. The van der Waals surface area contributed by atoms with Gasteiger partial charge in [-0.1, -0.05) is 17.7 Å². The third-order valence-electron chi connectivity index (χ3n) is 3.13. The number of anilines is 1. The molecule has 0 radical (unpaired) electrons. The average Bonchev–Trinajstić information content (AvgIpc) is 2.43. The van der Waals surface area contributed by atoms with Crippen molar-refractivity contribution in [3.8, 4) is 6.07 Å². The smallest absolute Gasteiger partial charge is 0.261 e. The minimum absolute atomic E-state index is 0.172. The summed E-state index contributed by atoms with van der Waals surface area (Å²) in [6, 6.07) is 11.2. The molecule has 2 aromatic carbocycles. The molecule has 108 valence electrons. The fraction of sp³-hybridized carbons (Fsp3) is 0.133. The lowest BCUT2D eigenvalue weighted by Gasteiger charge is -2.11. The number of hydrogen-bond donors (Lipinski definition) is 1. The molecular weight excluding hydrogens is 308 g/mol. The Morgan fingerprint density at radius 1 is 1.10 bits per heavy atom. The summed E-state index contributed by atoms with van der Waals surface area (Å²) < 4.78 is 27.1. The van der Waals surface area contributed by atoms with Crippen molar-refractivity contribution in [2.24, 2.45) is 0 Å². The van der Waals surface area contributed by atoms with E-state index < -0.39 is 10.0 Å². The van der Waals surface area contributed by atoms with Crippen LogP contribution in [0.5, 0.6) is 0 Å². The molecule has 2 aromatic rings. The first kappa shape index (κ1) is 15.4. The van der Waals surface area contributed by atoms with Gasteiger partial charge in [0, 0.05) is 0 Å². The van der Waals surface area contributed by atoms with Crippen molar-refractivity contribution < 1.29 is 8.42 Å². The van der Waals surface area contributed by atoms with Crippen LogP contribution in [0.2, 0.25) is 5.02 Å². The van der Waals surface area contributed by atoms with Crippen LogP contribution < -0.4 is 4.72 Å². The van der Waals surface area contributed by atoms with Gasteiger partial charge in [0.25, 0.3) is 10.0 Å². The molecule has 2 rings (SSSR count). The van der Waals surface area contributed by atoms with Crippen LogP contribution in [0.3, 0.4) is 0 Å². The van der Waals surface area contributed by atoms with E-state index in [1.807, 2.05) is 19.9 Å². The van der Waals surface area contributed by atoms with Crippen LogP contribution in [-0.2, 0) is 10.0 Å². The van der Waals surface area contributed by atoms with E-state index in [4.69, 9.17) is 16.9 Å². The summed E-state index contributed by atoms with van der Waals surface area (Å²) in [6.45, 7) is 3.76. The fourth-order valence-electron chi connectivity index (χ4n) is 1.75. The SMILES string of the molecule is Cc1ccc(S(=O)(=O)Nc2ccc(C#N)cc2Cl)cc1C. The Morgan fingerprint density at radius 3 is 2.38 bits per heavy atom. The van der Waals surface area contributed by atoms with E-state index in [0.717, 1.165) is 11.1 Å². The first-order chi connectivity index (χ1) is 9.83. The summed E-state index contributed by atoms with van der Waals surface area (Å²) in [7, 11) is -3.71. The lowest BCUT2D eigenvalue weighted by atomic mass is 10.1. The van der Waals surface area contributed by atoms with Gasteiger partial charge in [-0.25, -0.2) is 8.42 Å². The molecule has 0 aromatic heterocycles. The third-order valence-corrected chi connectivity index (χ3v) is 4.81. The van der Waals surface area contributed by atoms with Crippen molar-refractivity contribution in [3.05, 3.63) is 58.1 Å². The fourth-order valence-corrected chi connectivity index (χ4v) is 3.20. The molecule has 4 nitrogen and oxygen atoms in total. The van der Waals surface area contributed by atoms with E-state index in [2.05, 4.69) is 4.72 Å². The standard InChI is InChI=1S/C15H13ClN2O2S/c1-10-3-5-13(7-11(10)2)21(19,20)18-15-6-4-12(9-17)8-14(15)16/h3-8,18H,1-2H3. The minimum atomic E-state index is -3.71. The van der Waals surface area contributed by atoms with Crippen LogP contribution >= 0.6 is 11.6 Å². The molecule has 0 spiro atoms. The van der Waals surface area contributed by atoms with Crippen molar-refractivity contribution in [1.82, 2.24) is 0 Å². The predicted octanol–water partition coefficient (Wildman–Crippen LogP) is 3.63. The monoisotopic (exact) mass is 320 g/mol. The summed E-state index contributed by atoms with van der Waals surface area (Å²) in [5.74, 6) is 0. The van der Waals surface area contributed by atoms with Gasteiger partial charge in [-0.2, -0.15) is 5.26 Å². The minimum Gasteiger partial charge on any atom is -0.278 e. The van der Waals surface area contributed by atoms with Crippen LogP contribution in [0, 0.1) is 25.2 Å². The van der Waals surface area contributed by atoms with Gasteiger partial charge in [-0.05, 0) is 55.3 Å². The van der Waals surface area contributed by atoms with Crippen molar-refractivity contribution in [2.45, 2.75) is 18.7 Å². The van der Waals surface area contributed by atoms with E-state index in [1.165, 1.54) is 18.2 Å². The highest BCUT2D eigenvalue weighted by atomic mass is 35.5. The van der Waals surface area contributed by atoms with Crippen LogP contribution in [0.15, 0.2) is 41.3 Å². The highest BCUT2D eigenvalue weighted by Gasteiger charge is 2.16. The van der Waals surface area contributed by atoms with Gasteiger partial charge in [0.15, 0.2) is 0 Å². The van der Waals surface area contributed by atoms with Crippen LogP contribution in [0.1, 0.15) is 16.7 Å². The Labute approximate surface area is 129 Å². The topological polar surface area (TPSA) is 70.0 Å². The normalized spacial score (nSPS) is 11.0. The Balaban J connectivity index is 2.37. The molecular formula is C15H13ClN2O2S. The molecule has 0 amide bonds. The number of hydrogen-bond acceptors (Lipinski definition) is 3. The van der Waals surface area contributed by atoms with E-state index in [0.29, 0.717) is 5.56 Å². The maximum atomic E-state index is 12.3. The number of nitrogens with one attached hydrogen (secondary N) is 1. The highest BCUT2D eigenvalue weighted by Crippen LogP contribution is 2.26. The number of sulfonamides is 1. The van der Waals surface area contributed by atoms with Crippen LogP contribution in [0.25, 0.3) is 0 Å². The van der Waals surface area contributed by atoms with Gasteiger partial charge < -0.3 is 0 Å². The quantitative estimate of drug-likeness (QED) is 0.938. The summed E-state index contributed by atoms with van der Waals surface area (Å²) >= 11 is 5.98. The van der Waals surface area contributed by atoms with Crippen molar-refractivity contribution in [3.63, 3.8) is 0 Å². The largest absolute Gasteiger partial charge is 0.278 e. The molecule has 6 heteroatoms. The number of nitrogens with zero attached hydrogens (tertiary/aromatic N) is 1. The number of benzene rings is 2. The van der Waals surface area contributed by atoms with Gasteiger partial charge in [0.2, 0.25) is 0 Å². The summed E-state index contributed by atoms with van der Waals surface area (Å²) in [5.41, 5.74) is 2.53. The molecule has 21 heavy (non-hydrogen) atoms. The van der Waals surface area contributed by atoms with E-state index in [9.17, 15) is 8.42 Å². The van der Waals surface area contributed by atoms with Crippen molar-refractivity contribution in [1.29, 1.82) is 5.26 Å². The van der Waals surface area contributed by atoms with Crippen LogP contribution in [0.4, 0.5) is 5.69 Å². The molecule has 0 atom stereocenters. The number of aryl methyl sites for hydroxylation is 2. The van der Waals surface area contributed by atoms with Crippen molar-refractivity contribution in [2.75, 3.05) is 4.72 Å². The van der Waals surface area contributed by atoms with Crippen LogP contribution in [-0.4, -0.2) is 8.42 Å². The average molecular weight is 321 g/mol. The number of rotatable bonds is 3. The van der Waals surface area contributed by atoms with Gasteiger partial charge in [-0.15, -0.1) is 0 Å². The first-order valence-corrected chi connectivity index (χ1v) is 7.99. The summed E-state index contributed by atoms with van der Waals surface area (Å²) in [6.07, 6.45) is 0. The Hall–Kier alpha value is -2.03. The highest BCUT2D eigenvalue weighted by molar-refractivity contribution is 7.92. The molecule has 0 heterocycles. The van der Waals surface area contributed by atoms with E-state index >= 15 is 0 Å². The Kier molecular flexibility index (Phi) is 4.21. The molecule has 0 saturated carbocycles. The molecule has 0 unspecified atom stereocenters. The summed E-state index contributed by atoms with van der Waals surface area (Å²) in [5, 5.41) is 8.95. The van der Waals surface area contributed by atoms with Crippen molar-refractivity contribution >= 4 is 27.3 Å². The third kappa shape index (κ3) is 3.35. The zero-order chi connectivity index (χ0) is 15.6. The maximum absolute atomic E-state index is 12.3. The second kappa shape index (κ2) is 5.76. The van der Waals surface area contributed by atoms with E-state index in [-0.39, 0.29) is 15.6 Å². The van der Waals surface area contributed by atoms with Gasteiger partial charge in [-0.3, -0.25) is 4.72 Å². The Bertz CT molecular complexity index is 839. The maximum Gasteiger partial charge on any atom is 0.261 e. The molecule has 0 aliphatic heterocycles. The predicted molar refractivity (Wildman–Crippen MR) is 82.9 cm³/mol. The zero-order valence-corrected chi connectivity index (χ0v) is 13.1. The molecule has 0 fully saturated rings. The lowest BCUT2D eigenvalue weighted by Crippen LogP contribution is -2.13. The van der Waals surface area contributed by atoms with Gasteiger partial charge in [0.05, 0.1) is 27.2 Å². The molecule has 1 N–H and O–H groups in total. The lowest BCUT2D eigenvalue weighted by molar-refractivity contribution is 0.601. The number of halogens is 1. The second-order valence-corrected chi connectivity index (χ2v) is 6.75. The van der Waals surface area contributed by atoms with E-state index in [1.54, 1.807) is 18.2 Å². The van der Waals surface area contributed by atoms with Gasteiger partial charge in [0.1, 0.15) is 0 Å². The first-order valence-electron chi connectivity index (χ1n) is 6.13. The zero-order valence-electron chi connectivity index (χ0n) is 11.5.